The highest BCUT2D eigenvalue weighted by molar-refractivity contribution is 5.87. The van der Waals surface area contributed by atoms with E-state index in [0.717, 1.165) is 29.2 Å². The van der Waals surface area contributed by atoms with Gasteiger partial charge in [-0.05, 0) is 41.7 Å². The summed E-state index contributed by atoms with van der Waals surface area (Å²) in [6.45, 7) is 0. The van der Waals surface area contributed by atoms with Crippen LogP contribution in [0.15, 0.2) is 48.6 Å². The normalized spacial score (nSPS) is 22.9. The minimum Gasteiger partial charge on any atom is -0.497 e. The molecule has 1 heterocycles. The van der Waals surface area contributed by atoms with Gasteiger partial charge in [0.15, 0.2) is 0 Å². The van der Waals surface area contributed by atoms with Crippen molar-refractivity contribution in [3.63, 3.8) is 0 Å². The number of hydrogen-bond donors (Lipinski definition) is 2. The van der Waals surface area contributed by atoms with Gasteiger partial charge in [0.1, 0.15) is 11.5 Å². The van der Waals surface area contributed by atoms with E-state index in [1.807, 2.05) is 18.2 Å². The van der Waals surface area contributed by atoms with Gasteiger partial charge in [-0.15, -0.1) is 0 Å². The smallest absolute Gasteiger partial charge is 0.335 e. The van der Waals surface area contributed by atoms with Crippen molar-refractivity contribution in [2.24, 2.45) is 5.92 Å². The number of carboxylic acid groups (broad SMARTS) is 1. The average molecular weight is 351 g/mol. The van der Waals surface area contributed by atoms with Crippen LogP contribution in [0.25, 0.3) is 0 Å². The highest BCUT2D eigenvalue weighted by Crippen LogP contribution is 2.53. The SMILES string of the molecule is COc1cc(OC)c2c(c1)[C@H]1C=CC[C@@H]1[C@H](c1ccc(C(=O)O)cc1)N2. The zero-order valence-corrected chi connectivity index (χ0v) is 14.7. The van der Waals surface area contributed by atoms with E-state index in [9.17, 15) is 4.79 Å². The van der Waals surface area contributed by atoms with Crippen LogP contribution >= 0.6 is 0 Å². The van der Waals surface area contributed by atoms with E-state index >= 15 is 0 Å². The lowest BCUT2D eigenvalue weighted by molar-refractivity contribution is 0.0697. The summed E-state index contributed by atoms with van der Waals surface area (Å²) in [6.07, 6.45) is 5.44. The van der Waals surface area contributed by atoms with Crippen LogP contribution in [0, 0.1) is 5.92 Å². The quantitative estimate of drug-likeness (QED) is 0.807. The maximum Gasteiger partial charge on any atom is 0.335 e. The third-order valence-corrected chi connectivity index (χ3v) is 5.38. The molecule has 2 N–H and O–H groups in total. The molecule has 2 aromatic rings. The Morgan fingerprint density at radius 3 is 2.58 bits per heavy atom. The molecular weight excluding hydrogens is 330 g/mol. The van der Waals surface area contributed by atoms with E-state index in [1.54, 1.807) is 26.4 Å². The molecule has 134 valence electrons. The molecule has 0 amide bonds. The maximum absolute atomic E-state index is 11.1. The summed E-state index contributed by atoms with van der Waals surface area (Å²) < 4.78 is 11.0. The molecule has 0 fully saturated rings. The molecule has 5 nitrogen and oxygen atoms in total. The Bertz CT molecular complexity index is 872. The number of hydrogen-bond acceptors (Lipinski definition) is 4. The zero-order chi connectivity index (χ0) is 18.3. The molecule has 4 rings (SSSR count). The molecule has 0 bridgehead atoms. The van der Waals surface area contributed by atoms with Crippen molar-refractivity contribution in [1.29, 1.82) is 0 Å². The lowest BCUT2D eigenvalue weighted by Crippen LogP contribution is -2.29. The molecule has 0 spiro atoms. The number of nitrogens with one attached hydrogen (secondary N) is 1. The van der Waals surface area contributed by atoms with Crippen molar-refractivity contribution in [2.75, 3.05) is 19.5 Å². The van der Waals surface area contributed by atoms with Gasteiger partial charge < -0.3 is 19.9 Å². The first-order valence-corrected chi connectivity index (χ1v) is 8.64. The summed E-state index contributed by atoms with van der Waals surface area (Å²) in [4.78, 5) is 11.1. The molecule has 3 atom stereocenters. The first-order chi connectivity index (χ1) is 12.6. The van der Waals surface area contributed by atoms with Crippen LogP contribution < -0.4 is 14.8 Å². The number of carbonyl (C=O) groups is 1. The Balaban J connectivity index is 1.77. The summed E-state index contributed by atoms with van der Waals surface area (Å²) in [5.74, 6) is 1.28. The van der Waals surface area contributed by atoms with Gasteiger partial charge >= 0.3 is 5.97 Å². The van der Waals surface area contributed by atoms with Gasteiger partial charge in [-0.25, -0.2) is 4.79 Å². The number of allylic oxidation sites excluding steroid dienone is 2. The monoisotopic (exact) mass is 351 g/mol. The topological polar surface area (TPSA) is 67.8 Å². The molecule has 26 heavy (non-hydrogen) atoms. The summed E-state index contributed by atoms with van der Waals surface area (Å²) in [7, 11) is 3.32. The van der Waals surface area contributed by atoms with E-state index in [4.69, 9.17) is 14.6 Å². The predicted molar refractivity (Wildman–Crippen MR) is 99.3 cm³/mol. The van der Waals surface area contributed by atoms with Crippen molar-refractivity contribution in [3.05, 3.63) is 65.2 Å². The standard InChI is InChI=1S/C21H21NO4/c1-25-14-10-17-15-4-3-5-16(15)19(22-20(17)18(11-14)26-2)12-6-8-13(9-7-12)21(23)24/h3-4,6-11,15-16,19,22H,5H2,1-2H3,(H,23,24)/t15-,16-,19-/m0/s1. The lowest BCUT2D eigenvalue weighted by Gasteiger charge is -2.38. The molecule has 0 unspecified atom stereocenters. The summed E-state index contributed by atoms with van der Waals surface area (Å²) in [5.41, 5.74) is 3.54. The number of aromatic carboxylic acids is 1. The van der Waals surface area contributed by atoms with Gasteiger partial charge in [0, 0.05) is 12.0 Å². The fourth-order valence-corrected chi connectivity index (χ4v) is 4.08. The van der Waals surface area contributed by atoms with Crippen molar-refractivity contribution in [2.45, 2.75) is 18.4 Å². The lowest BCUT2D eigenvalue weighted by atomic mass is 9.76. The highest BCUT2D eigenvalue weighted by atomic mass is 16.5. The number of benzene rings is 2. The summed E-state index contributed by atoms with van der Waals surface area (Å²) >= 11 is 0. The van der Waals surface area contributed by atoms with Crippen LogP contribution in [-0.4, -0.2) is 25.3 Å². The van der Waals surface area contributed by atoms with Gasteiger partial charge in [-0.2, -0.15) is 0 Å². The zero-order valence-electron chi connectivity index (χ0n) is 14.7. The van der Waals surface area contributed by atoms with Crippen molar-refractivity contribution >= 4 is 11.7 Å². The minimum atomic E-state index is -0.910. The molecular formula is C21H21NO4. The van der Waals surface area contributed by atoms with Crippen molar-refractivity contribution in [1.82, 2.24) is 0 Å². The molecule has 0 saturated carbocycles. The predicted octanol–water partition coefficient (Wildman–Crippen LogP) is 4.23. The van der Waals surface area contributed by atoms with Crippen molar-refractivity contribution < 1.29 is 19.4 Å². The number of rotatable bonds is 4. The molecule has 2 aliphatic rings. The van der Waals surface area contributed by atoms with Crippen LogP contribution in [0.4, 0.5) is 5.69 Å². The van der Waals surface area contributed by atoms with Crippen molar-refractivity contribution in [3.8, 4) is 11.5 Å². The van der Waals surface area contributed by atoms with Crippen LogP contribution in [-0.2, 0) is 0 Å². The fraction of sp³-hybridized carbons (Fsp3) is 0.286. The van der Waals surface area contributed by atoms with Gasteiger partial charge in [0.2, 0.25) is 0 Å². The Morgan fingerprint density at radius 2 is 1.92 bits per heavy atom. The number of ether oxygens (including phenoxy) is 2. The largest absolute Gasteiger partial charge is 0.497 e. The minimum absolute atomic E-state index is 0.0904. The maximum atomic E-state index is 11.1. The van der Waals surface area contributed by atoms with Crippen LogP contribution in [0.1, 0.15) is 39.9 Å². The molecule has 1 aliphatic carbocycles. The Kier molecular flexibility index (Phi) is 4.07. The average Bonchev–Trinajstić information content (AvgIpc) is 3.16. The van der Waals surface area contributed by atoms with E-state index in [-0.39, 0.29) is 12.0 Å². The summed E-state index contributed by atoms with van der Waals surface area (Å²) in [6, 6.07) is 11.2. The fourth-order valence-electron chi connectivity index (χ4n) is 4.08. The van der Waals surface area contributed by atoms with Crippen LogP contribution in [0.3, 0.4) is 0 Å². The van der Waals surface area contributed by atoms with E-state index < -0.39 is 5.97 Å². The molecule has 1 aliphatic heterocycles. The van der Waals surface area contributed by atoms with Gasteiger partial charge in [-0.3, -0.25) is 0 Å². The number of fused-ring (bicyclic) bond motifs is 3. The third-order valence-electron chi connectivity index (χ3n) is 5.38. The second-order valence-electron chi connectivity index (χ2n) is 6.70. The molecule has 5 heteroatoms. The highest BCUT2D eigenvalue weighted by Gasteiger charge is 2.39. The molecule has 0 saturated heterocycles. The van der Waals surface area contributed by atoms with E-state index in [2.05, 4.69) is 23.5 Å². The van der Waals surface area contributed by atoms with Crippen LogP contribution in [0.5, 0.6) is 11.5 Å². The Hall–Kier alpha value is -2.95. The van der Waals surface area contributed by atoms with E-state index in [0.29, 0.717) is 11.5 Å². The Labute approximate surface area is 152 Å². The molecule has 0 radical (unpaired) electrons. The first kappa shape index (κ1) is 16.5. The summed E-state index contributed by atoms with van der Waals surface area (Å²) in [5, 5.41) is 12.8. The second kappa shape index (κ2) is 6.41. The second-order valence-corrected chi connectivity index (χ2v) is 6.70. The number of carboxylic acids is 1. The first-order valence-electron chi connectivity index (χ1n) is 8.64. The third kappa shape index (κ3) is 2.60. The van der Waals surface area contributed by atoms with Crippen LogP contribution in [0.2, 0.25) is 0 Å². The van der Waals surface area contributed by atoms with Gasteiger partial charge in [0.05, 0.1) is 31.5 Å². The molecule has 0 aromatic heterocycles. The number of anilines is 1. The van der Waals surface area contributed by atoms with E-state index in [1.165, 1.54) is 5.56 Å². The Morgan fingerprint density at radius 1 is 1.15 bits per heavy atom. The van der Waals surface area contributed by atoms with Gasteiger partial charge in [-0.1, -0.05) is 24.3 Å². The molecule has 2 aromatic carbocycles. The number of methoxy groups -OCH3 is 2. The van der Waals surface area contributed by atoms with Gasteiger partial charge in [0.25, 0.3) is 0 Å².